The SMILES string of the molecule is Brc1cccc(Br)c1N1CCNCC1c1ccccc1. The van der Waals surface area contributed by atoms with Crippen molar-refractivity contribution in [3.05, 3.63) is 63.0 Å². The summed E-state index contributed by atoms with van der Waals surface area (Å²) in [7, 11) is 0. The number of para-hydroxylation sites is 1. The van der Waals surface area contributed by atoms with Crippen LogP contribution in [0.15, 0.2) is 57.5 Å². The van der Waals surface area contributed by atoms with Gasteiger partial charge in [-0.25, -0.2) is 0 Å². The molecule has 1 saturated heterocycles. The van der Waals surface area contributed by atoms with Crippen molar-refractivity contribution in [2.24, 2.45) is 0 Å². The van der Waals surface area contributed by atoms with E-state index >= 15 is 0 Å². The van der Waals surface area contributed by atoms with Crippen LogP contribution < -0.4 is 10.2 Å². The third-order valence-electron chi connectivity index (χ3n) is 3.65. The van der Waals surface area contributed by atoms with E-state index in [4.69, 9.17) is 0 Å². The first-order valence-electron chi connectivity index (χ1n) is 6.73. The number of halogens is 2. The van der Waals surface area contributed by atoms with E-state index in [9.17, 15) is 0 Å². The Hall–Kier alpha value is -0.840. The molecule has 1 aliphatic heterocycles. The van der Waals surface area contributed by atoms with E-state index in [1.54, 1.807) is 0 Å². The van der Waals surface area contributed by atoms with E-state index in [0.717, 1.165) is 28.6 Å². The van der Waals surface area contributed by atoms with Gasteiger partial charge in [0, 0.05) is 28.6 Å². The largest absolute Gasteiger partial charge is 0.360 e. The van der Waals surface area contributed by atoms with Crippen LogP contribution in [-0.2, 0) is 0 Å². The minimum atomic E-state index is 0.361. The van der Waals surface area contributed by atoms with Crippen molar-refractivity contribution >= 4 is 37.5 Å². The summed E-state index contributed by atoms with van der Waals surface area (Å²) in [5.41, 5.74) is 2.59. The maximum Gasteiger partial charge on any atom is 0.0668 e. The quantitative estimate of drug-likeness (QED) is 0.812. The third kappa shape index (κ3) is 2.78. The Morgan fingerprint density at radius 1 is 0.950 bits per heavy atom. The van der Waals surface area contributed by atoms with Crippen LogP contribution in [0.3, 0.4) is 0 Å². The van der Waals surface area contributed by atoms with Crippen LogP contribution >= 0.6 is 31.9 Å². The Balaban J connectivity index is 2.01. The molecule has 0 bridgehead atoms. The summed E-state index contributed by atoms with van der Waals surface area (Å²) < 4.78 is 2.27. The normalized spacial score (nSPS) is 19.1. The summed E-state index contributed by atoms with van der Waals surface area (Å²) in [6.45, 7) is 2.98. The predicted molar refractivity (Wildman–Crippen MR) is 91.2 cm³/mol. The Kier molecular flexibility index (Phi) is 4.44. The fourth-order valence-corrected chi connectivity index (χ4v) is 4.16. The second-order valence-electron chi connectivity index (χ2n) is 4.89. The molecule has 1 fully saturated rings. The Labute approximate surface area is 136 Å². The Morgan fingerprint density at radius 3 is 2.35 bits per heavy atom. The summed E-state index contributed by atoms with van der Waals surface area (Å²) >= 11 is 7.38. The van der Waals surface area contributed by atoms with Crippen LogP contribution in [-0.4, -0.2) is 19.6 Å². The molecule has 2 aromatic carbocycles. The number of piperazine rings is 1. The van der Waals surface area contributed by atoms with E-state index in [0.29, 0.717) is 6.04 Å². The lowest BCUT2D eigenvalue weighted by atomic mass is 10.0. The van der Waals surface area contributed by atoms with E-state index < -0.39 is 0 Å². The first-order valence-corrected chi connectivity index (χ1v) is 8.32. The maximum atomic E-state index is 3.69. The maximum absolute atomic E-state index is 3.69. The van der Waals surface area contributed by atoms with Gasteiger partial charge in [0.05, 0.1) is 11.7 Å². The Morgan fingerprint density at radius 2 is 1.65 bits per heavy atom. The molecular formula is C16H16Br2N2. The van der Waals surface area contributed by atoms with Crippen molar-refractivity contribution in [1.82, 2.24) is 5.32 Å². The molecule has 0 spiro atoms. The van der Waals surface area contributed by atoms with E-state index in [1.165, 1.54) is 11.3 Å². The highest BCUT2D eigenvalue weighted by atomic mass is 79.9. The topological polar surface area (TPSA) is 15.3 Å². The molecule has 2 nitrogen and oxygen atoms in total. The lowest BCUT2D eigenvalue weighted by Crippen LogP contribution is -2.46. The first kappa shape index (κ1) is 14.1. The highest BCUT2D eigenvalue weighted by Crippen LogP contribution is 2.38. The summed E-state index contributed by atoms with van der Waals surface area (Å²) in [5.74, 6) is 0. The number of nitrogens with one attached hydrogen (secondary N) is 1. The van der Waals surface area contributed by atoms with Crippen LogP contribution in [0, 0.1) is 0 Å². The zero-order valence-corrected chi connectivity index (χ0v) is 14.2. The van der Waals surface area contributed by atoms with Gasteiger partial charge < -0.3 is 10.2 Å². The minimum Gasteiger partial charge on any atom is -0.360 e. The molecule has 2 aromatic rings. The van der Waals surface area contributed by atoms with E-state index in [-0.39, 0.29) is 0 Å². The smallest absolute Gasteiger partial charge is 0.0668 e. The molecule has 0 amide bonds. The Bertz CT molecular complexity index is 566. The van der Waals surface area contributed by atoms with Gasteiger partial charge in [-0.3, -0.25) is 0 Å². The van der Waals surface area contributed by atoms with Crippen molar-refractivity contribution in [2.75, 3.05) is 24.5 Å². The third-order valence-corrected chi connectivity index (χ3v) is 4.93. The van der Waals surface area contributed by atoms with Gasteiger partial charge >= 0.3 is 0 Å². The molecular weight excluding hydrogens is 380 g/mol. The zero-order valence-electron chi connectivity index (χ0n) is 11.0. The van der Waals surface area contributed by atoms with Gasteiger partial charge in [-0.1, -0.05) is 36.4 Å². The van der Waals surface area contributed by atoms with Gasteiger partial charge in [-0.15, -0.1) is 0 Å². The lowest BCUT2D eigenvalue weighted by molar-refractivity contribution is 0.489. The van der Waals surface area contributed by atoms with Gasteiger partial charge in [0.1, 0.15) is 0 Å². The summed E-state index contributed by atoms with van der Waals surface area (Å²) in [6, 6.07) is 17.3. The molecule has 1 unspecified atom stereocenters. The summed E-state index contributed by atoms with van der Waals surface area (Å²) in [5, 5.41) is 3.50. The zero-order chi connectivity index (χ0) is 13.9. The van der Waals surface area contributed by atoms with Crippen LogP contribution in [0.4, 0.5) is 5.69 Å². The average molecular weight is 396 g/mol. The van der Waals surface area contributed by atoms with Gasteiger partial charge in [0.25, 0.3) is 0 Å². The fraction of sp³-hybridized carbons (Fsp3) is 0.250. The molecule has 0 radical (unpaired) electrons. The number of hydrogen-bond donors (Lipinski definition) is 1. The number of nitrogens with zero attached hydrogens (tertiary/aromatic N) is 1. The van der Waals surface area contributed by atoms with Crippen molar-refractivity contribution in [2.45, 2.75) is 6.04 Å². The molecule has 1 N–H and O–H groups in total. The van der Waals surface area contributed by atoms with Crippen LogP contribution in [0.2, 0.25) is 0 Å². The average Bonchev–Trinajstić information content (AvgIpc) is 2.48. The highest BCUT2D eigenvalue weighted by Gasteiger charge is 2.26. The fourth-order valence-electron chi connectivity index (χ4n) is 2.71. The van der Waals surface area contributed by atoms with Gasteiger partial charge in [-0.05, 0) is 49.6 Å². The van der Waals surface area contributed by atoms with Crippen LogP contribution in [0.25, 0.3) is 0 Å². The van der Waals surface area contributed by atoms with Crippen LogP contribution in [0.1, 0.15) is 11.6 Å². The standard InChI is InChI=1S/C16H16Br2N2/c17-13-7-4-8-14(18)16(13)20-10-9-19-11-15(20)12-5-2-1-3-6-12/h1-8,15,19H,9-11H2. The van der Waals surface area contributed by atoms with Gasteiger partial charge in [-0.2, -0.15) is 0 Å². The highest BCUT2D eigenvalue weighted by molar-refractivity contribution is 9.11. The van der Waals surface area contributed by atoms with E-state index in [1.807, 2.05) is 0 Å². The van der Waals surface area contributed by atoms with Crippen molar-refractivity contribution < 1.29 is 0 Å². The van der Waals surface area contributed by atoms with Gasteiger partial charge in [0.15, 0.2) is 0 Å². The molecule has 1 aliphatic rings. The summed E-state index contributed by atoms with van der Waals surface area (Å²) in [6.07, 6.45) is 0. The van der Waals surface area contributed by atoms with Crippen molar-refractivity contribution in [3.63, 3.8) is 0 Å². The monoisotopic (exact) mass is 394 g/mol. The lowest BCUT2D eigenvalue weighted by Gasteiger charge is -2.39. The molecule has 0 saturated carbocycles. The number of hydrogen-bond acceptors (Lipinski definition) is 2. The van der Waals surface area contributed by atoms with Crippen molar-refractivity contribution in [3.8, 4) is 0 Å². The van der Waals surface area contributed by atoms with Gasteiger partial charge in [0.2, 0.25) is 0 Å². The molecule has 0 aromatic heterocycles. The number of benzene rings is 2. The second kappa shape index (κ2) is 6.29. The predicted octanol–water partition coefficient (Wildman–Crippen LogP) is 4.36. The van der Waals surface area contributed by atoms with Crippen LogP contribution in [0.5, 0.6) is 0 Å². The minimum absolute atomic E-state index is 0.361. The molecule has 104 valence electrons. The van der Waals surface area contributed by atoms with Crippen molar-refractivity contribution in [1.29, 1.82) is 0 Å². The molecule has 0 aliphatic carbocycles. The molecule has 1 atom stereocenters. The summed E-state index contributed by atoms with van der Waals surface area (Å²) in [4.78, 5) is 2.47. The number of anilines is 1. The molecule has 20 heavy (non-hydrogen) atoms. The molecule has 1 heterocycles. The molecule has 3 rings (SSSR count). The van der Waals surface area contributed by atoms with E-state index in [2.05, 4.69) is 90.6 Å². The molecule has 4 heteroatoms. The first-order chi connectivity index (χ1) is 9.77. The number of rotatable bonds is 2. The second-order valence-corrected chi connectivity index (χ2v) is 6.60.